The molecule has 380 valence electrons. The molecule has 0 heterocycles. The second-order valence-corrected chi connectivity index (χ2v) is 20.4. The fourth-order valence-corrected chi connectivity index (χ4v) is 9.09. The molecule has 0 aromatic carbocycles. The van der Waals surface area contributed by atoms with Gasteiger partial charge >= 0.3 is 23.9 Å². The van der Waals surface area contributed by atoms with Crippen LogP contribution in [0.3, 0.4) is 0 Å². The number of hydrogen-bond acceptors (Lipinski definition) is 9. The minimum absolute atomic E-state index is 0.114. The van der Waals surface area contributed by atoms with Crippen molar-refractivity contribution in [3.8, 4) is 0 Å². The molecule has 1 N–H and O–H groups in total. The highest BCUT2D eigenvalue weighted by Crippen LogP contribution is 2.16. The quantitative estimate of drug-likeness (QED) is 0.0359. The highest BCUT2D eigenvalue weighted by molar-refractivity contribution is 7.99. The van der Waals surface area contributed by atoms with Crippen LogP contribution in [-0.2, 0) is 33.4 Å². The number of esters is 3. The van der Waals surface area contributed by atoms with Gasteiger partial charge in [0.05, 0.1) is 45.5 Å². The minimum Gasteiger partial charge on any atom is -0.481 e. The van der Waals surface area contributed by atoms with Gasteiger partial charge in [0.1, 0.15) is 0 Å². The maximum atomic E-state index is 11.8. The molecule has 0 fully saturated rings. The van der Waals surface area contributed by atoms with E-state index in [9.17, 15) is 19.2 Å². The van der Waals surface area contributed by atoms with Crippen molar-refractivity contribution in [2.45, 2.75) is 278 Å². The largest absolute Gasteiger partial charge is 0.481 e. The zero-order valence-electron chi connectivity index (χ0n) is 42.4. The number of rotatable bonds is 51. The van der Waals surface area contributed by atoms with Crippen LogP contribution in [0.4, 0.5) is 0 Å². The number of ether oxygens (including phenoxy) is 3. The number of carbonyl (C=O) groups is 4. The zero-order valence-corrected chi connectivity index (χ0v) is 44.0. The van der Waals surface area contributed by atoms with E-state index in [0.29, 0.717) is 62.1 Å². The van der Waals surface area contributed by atoms with E-state index < -0.39 is 5.97 Å². The molecule has 10 heteroatoms. The first kappa shape index (κ1) is 64.7. The Hall–Kier alpha value is -1.42. The lowest BCUT2D eigenvalue weighted by atomic mass is 10.0. The molecule has 8 nitrogen and oxygen atoms in total. The second kappa shape index (κ2) is 57.7. The van der Waals surface area contributed by atoms with Crippen molar-refractivity contribution >= 4 is 47.4 Å². The molecule has 0 aliphatic rings. The van der Waals surface area contributed by atoms with Gasteiger partial charge in [-0.1, -0.05) is 233 Å². The lowest BCUT2D eigenvalue weighted by Gasteiger charge is -2.06. The second-order valence-electron chi connectivity index (χ2n) is 17.9. The zero-order chi connectivity index (χ0) is 47.1. The normalized spacial score (nSPS) is 11.0. The number of carboxylic acid groups (broad SMARTS) is 1. The third kappa shape index (κ3) is 60.6. The molecular weight excluding hydrogens is 841 g/mol. The van der Waals surface area contributed by atoms with Gasteiger partial charge in [0, 0.05) is 23.0 Å². The van der Waals surface area contributed by atoms with E-state index in [1.54, 1.807) is 11.8 Å². The third-order valence-electron chi connectivity index (χ3n) is 11.6. The lowest BCUT2D eigenvalue weighted by molar-refractivity contribution is -0.144. The first-order valence-corrected chi connectivity index (χ1v) is 29.5. The maximum absolute atomic E-state index is 11.8. The molecule has 0 bridgehead atoms. The Labute approximate surface area is 404 Å². The van der Waals surface area contributed by atoms with Gasteiger partial charge in [-0.3, -0.25) is 19.2 Å². The average molecular weight is 946 g/mol. The van der Waals surface area contributed by atoms with Gasteiger partial charge in [-0.15, -0.1) is 0 Å². The summed E-state index contributed by atoms with van der Waals surface area (Å²) >= 11 is 3.12. The summed E-state index contributed by atoms with van der Waals surface area (Å²) in [6, 6.07) is 0. The standard InChI is InChI=1S/C30H58O4S.C24H46O4S/c1-3-5-7-9-11-13-15-17-19-21-25-33-29(31)23-27-35-28-24-30(32)34-26-22-20-18-16-14-12-10-8-6-4-2;1-2-3-4-5-6-7-8-9-10-11-12-13-14-15-16-17-20-28-24(27)19-22-29-21-18-23(25)26/h3-28H2,1-2H3;2-22H2,1H3,(H,25,26). The predicted octanol–water partition coefficient (Wildman–Crippen LogP) is 16.8. The number of unbranched alkanes of at least 4 members (excludes halogenated alkanes) is 33. The smallest absolute Gasteiger partial charge is 0.306 e. The first-order valence-electron chi connectivity index (χ1n) is 27.2. The summed E-state index contributed by atoms with van der Waals surface area (Å²) in [6.45, 7) is 8.40. The molecule has 0 aliphatic heterocycles. The van der Waals surface area contributed by atoms with Crippen molar-refractivity contribution < 1.29 is 38.5 Å². The summed E-state index contributed by atoms with van der Waals surface area (Å²) in [7, 11) is 0. The molecule has 0 aromatic heterocycles. The van der Waals surface area contributed by atoms with Gasteiger partial charge in [0.25, 0.3) is 0 Å². The molecule has 0 saturated heterocycles. The molecule has 0 saturated carbocycles. The monoisotopic (exact) mass is 945 g/mol. The van der Waals surface area contributed by atoms with Crippen LogP contribution < -0.4 is 0 Å². The van der Waals surface area contributed by atoms with E-state index in [4.69, 9.17) is 19.3 Å². The summed E-state index contributed by atoms with van der Waals surface area (Å²) < 4.78 is 15.9. The fraction of sp³-hybridized carbons (Fsp3) is 0.926. The lowest BCUT2D eigenvalue weighted by Crippen LogP contribution is -2.09. The van der Waals surface area contributed by atoms with Gasteiger partial charge < -0.3 is 19.3 Å². The van der Waals surface area contributed by atoms with Crippen LogP contribution in [0, 0.1) is 0 Å². The molecule has 0 amide bonds. The predicted molar refractivity (Wildman–Crippen MR) is 277 cm³/mol. The number of carboxylic acids is 1. The maximum Gasteiger partial charge on any atom is 0.306 e. The summed E-state index contributed by atoms with van der Waals surface area (Å²) in [6.07, 6.45) is 48.4. The van der Waals surface area contributed by atoms with Crippen LogP contribution in [0.2, 0.25) is 0 Å². The van der Waals surface area contributed by atoms with Crippen molar-refractivity contribution in [1.29, 1.82) is 0 Å². The van der Waals surface area contributed by atoms with Gasteiger partial charge in [0.2, 0.25) is 0 Å². The van der Waals surface area contributed by atoms with Crippen LogP contribution in [0.5, 0.6) is 0 Å². The molecular formula is C54H104O8S2. The molecule has 0 aliphatic carbocycles. The van der Waals surface area contributed by atoms with Crippen molar-refractivity contribution in [1.82, 2.24) is 0 Å². The number of aliphatic carboxylic acids is 1. The number of thioether (sulfide) groups is 2. The van der Waals surface area contributed by atoms with E-state index >= 15 is 0 Å². The molecule has 0 unspecified atom stereocenters. The van der Waals surface area contributed by atoms with Crippen LogP contribution in [-0.4, -0.2) is 71.8 Å². The summed E-state index contributed by atoms with van der Waals surface area (Å²) in [5.74, 6) is 1.45. The molecule has 0 spiro atoms. The molecule has 0 rings (SSSR count). The minimum atomic E-state index is -0.788. The molecule has 64 heavy (non-hydrogen) atoms. The summed E-state index contributed by atoms with van der Waals surface area (Å²) in [4.78, 5) is 45.5. The highest BCUT2D eigenvalue weighted by Gasteiger charge is 2.07. The van der Waals surface area contributed by atoms with Crippen LogP contribution in [0.15, 0.2) is 0 Å². The van der Waals surface area contributed by atoms with Crippen LogP contribution in [0.25, 0.3) is 0 Å². The van der Waals surface area contributed by atoms with E-state index in [0.717, 1.165) is 38.5 Å². The van der Waals surface area contributed by atoms with E-state index in [1.807, 2.05) is 0 Å². The van der Waals surface area contributed by atoms with Gasteiger partial charge in [-0.25, -0.2) is 0 Å². The van der Waals surface area contributed by atoms with Gasteiger partial charge in [0.15, 0.2) is 0 Å². The molecule has 0 atom stereocenters. The Morgan fingerprint density at radius 3 is 0.688 bits per heavy atom. The Balaban J connectivity index is 0. The van der Waals surface area contributed by atoms with Crippen molar-refractivity contribution in [3.63, 3.8) is 0 Å². The first-order chi connectivity index (χ1) is 31.4. The Kier molecular flexibility index (Phi) is 58.3. The van der Waals surface area contributed by atoms with Crippen molar-refractivity contribution in [3.05, 3.63) is 0 Å². The van der Waals surface area contributed by atoms with Gasteiger partial charge in [-0.05, 0) is 19.3 Å². The van der Waals surface area contributed by atoms with Crippen LogP contribution in [0.1, 0.15) is 278 Å². The Morgan fingerprint density at radius 1 is 0.297 bits per heavy atom. The topological polar surface area (TPSA) is 116 Å². The number of hydrogen-bond donors (Lipinski definition) is 1. The van der Waals surface area contributed by atoms with Crippen LogP contribution >= 0.6 is 23.5 Å². The van der Waals surface area contributed by atoms with Crippen molar-refractivity contribution in [2.24, 2.45) is 0 Å². The SMILES string of the molecule is CCCCCCCCCCCCCCCCCCOC(=O)CCSCCC(=O)O.CCCCCCCCCCCCOC(=O)CCSCCC(=O)OCCCCCCCCCCCC. The highest BCUT2D eigenvalue weighted by atomic mass is 32.2. The van der Waals surface area contributed by atoms with E-state index in [1.165, 1.54) is 204 Å². The average Bonchev–Trinajstić information content (AvgIpc) is 3.28. The Morgan fingerprint density at radius 2 is 0.484 bits per heavy atom. The van der Waals surface area contributed by atoms with Gasteiger partial charge in [-0.2, -0.15) is 23.5 Å². The molecule has 0 aromatic rings. The van der Waals surface area contributed by atoms with E-state index in [2.05, 4.69) is 20.8 Å². The molecule has 0 radical (unpaired) electrons. The van der Waals surface area contributed by atoms with Crippen molar-refractivity contribution in [2.75, 3.05) is 42.8 Å². The third-order valence-corrected chi connectivity index (χ3v) is 13.6. The Bertz CT molecular complexity index is 941. The fourth-order valence-electron chi connectivity index (χ4n) is 7.43. The summed E-state index contributed by atoms with van der Waals surface area (Å²) in [5.41, 5.74) is 0. The summed E-state index contributed by atoms with van der Waals surface area (Å²) in [5, 5.41) is 8.53. The number of carbonyl (C=O) groups excluding carboxylic acids is 3. The van der Waals surface area contributed by atoms with E-state index in [-0.39, 0.29) is 24.3 Å².